The molecule has 22 heavy (non-hydrogen) atoms. The van der Waals surface area contributed by atoms with Crippen LogP contribution >= 0.6 is 0 Å². The zero-order valence-corrected chi connectivity index (χ0v) is 12.6. The number of methoxy groups -OCH3 is 3. The molecule has 118 valence electrons. The van der Waals surface area contributed by atoms with Crippen LogP contribution in [0.4, 0.5) is 0 Å². The summed E-state index contributed by atoms with van der Waals surface area (Å²) >= 11 is 0. The number of pyridine rings is 1. The van der Waals surface area contributed by atoms with Crippen molar-refractivity contribution in [2.75, 3.05) is 34.5 Å². The van der Waals surface area contributed by atoms with Crippen LogP contribution in [0.5, 0.6) is 11.5 Å². The minimum absolute atomic E-state index is 0.0647. The highest BCUT2D eigenvalue weighted by atomic mass is 16.5. The van der Waals surface area contributed by atoms with Crippen molar-refractivity contribution < 1.29 is 23.7 Å². The Labute approximate surface area is 126 Å². The monoisotopic (exact) mass is 307 g/mol. The molecule has 0 spiro atoms. The Morgan fingerprint density at radius 2 is 1.86 bits per heavy atom. The lowest BCUT2D eigenvalue weighted by Gasteiger charge is -2.12. The van der Waals surface area contributed by atoms with Crippen molar-refractivity contribution >= 4 is 16.9 Å². The Kier molecular flexibility index (Phi) is 5.00. The molecular formula is C15H17NO6. The number of aromatic nitrogens is 1. The third-order valence-corrected chi connectivity index (χ3v) is 3.08. The quantitative estimate of drug-likeness (QED) is 0.640. The molecule has 0 aliphatic rings. The number of carbonyl (C=O) groups excluding carboxylic acids is 1. The van der Waals surface area contributed by atoms with Crippen LogP contribution in [0.25, 0.3) is 10.9 Å². The maximum absolute atomic E-state index is 11.9. The number of aromatic amines is 1. The fraction of sp³-hybridized carbons (Fsp3) is 0.333. The Hall–Kier alpha value is -2.54. The first-order valence-corrected chi connectivity index (χ1v) is 6.55. The molecule has 0 saturated heterocycles. The predicted molar refractivity (Wildman–Crippen MR) is 79.8 cm³/mol. The molecule has 1 aromatic heterocycles. The lowest BCUT2D eigenvalue weighted by molar-refractivity contribution is 0.0599. The van der Waals surface area contributed by atoms with Gasteiger partial charge in [0.25, 0.3) is 5.56 Å². The smallest absolute Gasteiger partial charge is 0.343 e. The number of benzene rings is 1. The summed E-state index contributed by atoms with van der Waals surface area (Å²) in [7, 11) is 4.31. The molecule has 1 heterocycles. The number of esters is 1. The van der Waals surface area contributed by atoms with E-state index in [0.29, 0.717) is 35.6 Å². The van der Waals surface area contributed by atoms with E-state index < -0.39 is 11.5 Å². The van der Waals surface area contributed by atoms with E-state index in [-0.39, 0.29) is 5.56 Å². The number of ether oxygens (including phenoxy) is 4. The van der Waals surface area contributed by atoms with E-state index in [1.54, 1.807) is 19.2 Å². The lowest BCUT2D eigenvalue weighted by atomic mass is 10.1. The molecule has 0 aliphatic carbocycles. The maximum atomic E-state index is 11.9. The van der Waals surface area contributed by atoms with Crippen LogP contribution in [0.1, 0.15) is 10.4 Å². The van der Waals surface area contributed by atoms with Gasteiger partial charge in [-0.25, -0.2) is 4.79 Å². The van der Waals surface area contributed by atoms with Crippen LogP contribution in [0.3, 0.4) is 0 Å². The van der Waals surface area contributed by atoms with E-state index >= 15 is 0 Å². The second-order valence-corrected chi connectivity index (χ2v) is 4.44. The SMILES string of the molecule is COCCOc1cc2[nH]c(=O)c(C(=O)OC)cc2cc1OC. The van der Waals surface area contributed by atoms with Crippen molar-refractivity contribution in [1.29, 1.82) is 0 Å². The Morgan fingerprint density at radius 3 is 2.50 bits per heavy atom. The van der Waals surface area contributed by atoms with Crippen LogP contribution in [0.15, 0.2) is 23.0 Å². The van der Waals surface area contributed by atoms with E-state index in [4.69, 9.17) is 14.2 Å². The van der Waals surface area contributed by atoms with Gasteiger partial charge in [-0.05, 0) is 12.1 Å². The summed E-state index contributed by atoms with van der Waals surface area (Å²) in [6.07, 6.45) is 0. The summed E-state index contributed by atoms with van der Waals surface area (Å²) < 4.78 is 20.3. The summed E-state index contributed by atoms with van der Waals surface area (Å²) in [5.74, 6) is 0.280. The van der Waals surface area contributed by atoms with Crippen LogP contribution in [-0.2, 0) is 9.47 Å². The highest BCUT2D eigenvalue weighted by molar-refractivity contribution is 5.94. The number of rotatable bonds is 6. The standard InChI is InChI=1S/C15H17NO6/c1-19-4-5-22-13-8-11-9(7-12(13)20-2)6-10(14(17)16-11)15(18)21-3/h6-8H,4-5H2,1-3H3,(H,16,17). The van der Waals surface area contributed by atoms with Crippen molar-refractivity contribution in [3.8, 4) is 11.5 Å². The molecule has 2 rings (SSSR count). The van der Waals surface area contributed by atoms with Gasteiger partial charge in [-0.2, -0.15) is 0 Å². The number of H-pyrrole nitrogens is 1. The highest BCUT2D eigenvalue weighted by Crippen LogP contribution is 2.31. The van der Waals surface area contributed by atoms with Gasteiger partial charge in [0.15, 0.2) is 11.5 Å². The average molecular weight is 307 g/mol. The molecule has 0 amide bonds. The number of fused-ring (bicyclic) bond motifs is 1. The molecule has 0 atom stereocenters. The molecule has 1 aromatic carbocycles. The Balaban J connectivity index is 2.49. The van der Waals surface area contributed by atoms with Gasteiger partial charge in [0.05, 0.1) is 26.3 Å². The van der Waals surface area contributed by atoms with Crippen LogP contribution in [-0.4, -0.2) is 45.5 Å². The number of hydrogen-bond acceptors (Lipinski definition) is 6. The highest BCUT2D eigenvalue weighted by Gasteiger charge is 2.14. The Bertz CT molecular complexity index is 737. The van der Waals surface area contributed by atoms with Gasteiger partial charge in [-0.3, -0.25) is 4.79 Å². The predicted octanol–water partition coefficient (Wildman–Crippen LogP) is 1.35. The summed E-state index contributed by atoms with van der Waals surface area (Å²) in [5.41, 5.74) is -0.0525. The van der Waals surface area contributed by atoms with Crippen molar-refractivity contribution in [2.24, 2.45) is 0 Å². The molecular weight excluding hydrogens is 290 g/mol. The number of hydrogen-bond donors (Lipinski definition) is 1. The van der Waals surface area contributed by atoms with Gasteiger partial charge in [0, 0.05) is 18.6 Å². The summed E-state index contributed by atoms with van der Waals surface area (Å²) in [6.45, 7) is 0.780. The zero-order chi connectivity index (χ0) is 16.1. The van der Waals surface area contributed by atoms with Gasteiger partial charge in [0.1, 0.15) is 12.2 Å². The second-order valence-electron chi connectivity index (χ2n) is 4.44. The van der Waals surface area contributed by atoms with E-state index in [1.807, 2.05) is 0 Å². The van der Waals surface area contributed by atoms with Gasteiger partial charge < -0.3 is 23.9 Å². The van der Waals surface area contributed by atoms with Crippen molar-refractivity contribution in [2.45, 2.75) is 0 Å². The van der Waals surface area contributed by atoms with Crippen molar-refractivity contribution in [3.63, 3.8) is 0 Å². The third kappa shape index (κ3) is 3.20. The number of carbonyl (C=O) groups is 1. The molecule has 1 N–H and O–H groups in total. The fourth-order valence-electron chi connectivity index (χ4n) is 1.98. The molecule has 0 unspecified atom stereocenters. The lowest BCUT2D eigenvalue weighted by Crippen LogP contribution is -2.18. The summed E-state index contributed by atoms with van der Waals surface area (Å²) in [4.78, 5) is 26.1. The molecule has 0 fully saturated rings. The molecule has 0 saturated carbocycles. The minimum Gasteiger partial charge on any atom is -0.493 e. The summed E-state index contributed by atoms with van der Waals surface area (Å²) in [6, 6.07) is 4.79. The van der Waals surface area contributed by atoms with E-state index in [2.05, 4.69) is 9.72 Å². The van der Waals surface area contributed by atoms with Crippen LogP contribution < -0.4 is 15.0 Å². The Morgan fingerprint density at radius 1 is 1.09 bits per heavy atom. The third-order valence-electron chi connectivity index (χ3n) is 3.08. The van der Waals surface area contributed by atoms with E-state index in [1.165, 1.54) is 20.3 Å². The zero-order valence-electron chi connectivity index (χ0n) is 12.6. The maximum Gasteiger partial charge on any atom is 0.343 e. The first kappa shape index (κ1) is 15.8. The van der Waals surface area contributed by atoms with Gasteiger partial charge >= 0.3 is 5.97 Å². The van der Waals surface area contributed by atoms with Gasteiger partial charge in [-0.1, -0.05) is 0 Å². The largest absolute Gasteiger partial charge is 0.493 e. The van der Waals surface area contributed by atoms with E-state index in [0.717, 1.165) is 0 Å². The molecule has 0 bridgehead atoms. The van der Waals surface area contributed by atoms with Crippen molar-refractivity contribution in [1.82, 2.24) is 4.98 Å². The number of nitrogens with one attached hydrogen (secondary N) is 1. The van der Waals surface area contributed by atoms with Crippen LogP contribution in [0.2, 0.25) is 0 Å². The minimum atomic E-state index is -0.692. The first-order valence-electron chi connectivity index (χ1n) is 6.55. The second kappa shape index (κ2) is 6.95. The molecule has 0 aliphatic heterocycles. The van der Waals surface area contributed by atoms with Gasteiger partial charge in [0.2, 0.25) is 0 Å². The van der Waals surface area contributed by atoms with Gasteiger partial charge in [-0.15, -0.1) is 0 Å². The molecule has 2 aromatic rings. The normalized spacial score (nSPS) is 10.5. The fourth-order valence-corrected chi connectivity index (χ4v) is 1.98. The molecule has 0 radical (unpaired) electrons. The first-order chi connectivity index (χ1) is 10.6. The topological polar surface area (TPSA) is 86.9 Å². The van der Waals surface area contributed by atoms with E-state index in [9.17, 15) is 9.59 Å². The summed E-state index contributed by atoms with van der Waals surface area (Å²) in [5, 5.41) is 0.635. The van der Waals surface area contributed by atoms with Crippen molar-refractivity contribution in [3.05, 3.63) is 34.1 Å². The van der Waals surface area contributed by atoms with Crippen LogP contribution in [0, 0.1) is 0 Å². The molecule has 7 nitrogen and oxygen atoms in total. The average Bonchev–Trinajstić information content (AvgIpc) is 2.53. The molecule has 7 heteroatoms.